The molecule has 0 fully saturated rings. The topological polar surface area (TPSA) is 81.2 Å². The van der Waals surface area contributed by atoms with Gasteiger partial charge in [0.05, 0.1) is 23.8 Å². The summed E-state index contributed by atoms with van der Waals surface area (Å²) in [7, 11) is 0. The third-order valence-electron chi connectivity index (χ3n) is 6.53. The molecule has 0 atom stereocenters. The molecule has 1 aromatic heterocycles. The lowest BCUT2D eigenvalue weighted by Crippen LogP contribution is -2.42. The first-order valence-corrected chi connectivity index (χ1v) is 11.7. The van der Waals surface area contributed by atoms with Crippen molar-refractivity contribution in [3.05, 3.63) is 129 Å². The Balaban J connectivity index is 1.48. The fraction of sp³-hybridized carbons (Fsp3) is 0.179. The highest BCUT2D eigenvalue weighted by Crippen LogP contribution is 2.30. The van der Waals surface area contributed by atoms with E-state index in [4.69, 9.17) is 5.73 Å². The summed E-state index contributed by atoms with van der Waals surface area (Å²) in [5, 5.41) is 0. The number of halogens is 3. The van der Waals surface area contributed by atoms with Gasteiger partial charge in [-0.2, -0.15) is 13.2 Å². The Morgan fingerprint density at radius 3 is 2.00 bits per heavy atom. The van der Waals surface area contributed by atoms with Gasteiger partial charge in [0.2, 0.25) is 5.95 Å². The van der Waals surface area contributed by atoms with Gasteiger partial charge in [-0.3, -0.25) is 14.2 Å². The highest BCUT2D eigenvalue weighted by Gasteiger charge is 2.32. The third kappa shape index (κ3) is 4.72. The predicted molar refractivity (Wildman–Crippen MR) is 133 cm³/mol. The number of carbonyl (C=O) groups excluding carboxylic acids is 1. The van der Waals surface area contributed by atoms with Crippen molar-refractivity contribution in [3.8, 4) is 0 Å². The van der Waals surface area contributed by atoms with Crippen molar-refractivity contribution in [2.45, 2.75) is 25.2 Å². The number of nitrogen functional groups attached to an aromatic ring is 1. The first-order chi connectivity index (χ1) is 17.7. The van der Waals surface area contributed by atoms with E-state index in [0.717, 1.165) is 35.4 Å². The highest BCUT2D eigenvalue weighted by molar-refractivity contribution is 5.94. The number of nitrogens with zero attached hydrogens (tertiary/aromatic N) is 3. The average molecular weight is 505 g/mol. The van der Waals surface area contributed by atoms with E-state index < -0.39 is 23.7 Å². The average Bonchev–Trinajstić information content (AvgIpc) is 2.91. The summed E-state index contributed by atoms with van der Waals surface area (Å²) < 4.78 is 40.1. The molecular weight excluding hydrogens is 481 g/mol. The number of nitrogens with two attached hydrogens (primary N) is 1. The molecule has 0 saturated heterocycles. The van der Waals surface area contributed by atoms with Gasteiger partial charge in [0, 0.05) is 17.7 Å². The molecule has 0 saturated carbocycles. The summed E-state index contributed by atoms with van der Waals surface area (Å²) in [6.45, 7) is 0.270. The fourth-order valence-corrected chi connectivity index (χ4v) is 4.69. The first kappa shape index (κ1) is 24.3. The minimum absolute atomic E-state index is 0.0188. The summed E-state index contributed by atoms with van der Waals surface area (Å²) in [5.41, 5.74) is 8.00. The van der Waals surface area contributed by atoms with Gasteiger partial charge in [-0.15, -0.1) is 0 Å². The van der Waals surface area contributed by atoms with Crippen LogP contribution in [0.3, 0.4) is 0 Å². The molecule has 188 valence electrons. The zero-order valence-electron chi connectivity index (χ0n) is 19.7. The molecule has 0 aliphatic carbocycles. The Morgan fingerprint density at radius 1 is 0.892 bits per heavy atom. The standard InChI is InChI=1S/C28H23F3N4O2/c29-28(30,31)21-13-11-20(12-14-21)25(36)34-16-15-22-23(17-34)33-27(32)35(26(22)37)24(18-7-3-1-4-8-18)19-9-5-2-6-10-19/h1-14,24H,15-17H2,(H2,32,33). The van der Waals surface area contributed by atoms with E-state index in [1.165, 1.54) is 9.47 Å². The van der Waals surface area contributed by atoms with Crippen LogP contribution in [0.4, 0.5) is 19.1 Å². The molecule has 37 heavy (non-hydrogen) atoms. The van der Waals surface area contributed by atoms with E-state index in [2.05, 4.69) is 4.98 Å². The molecule has 9 heteroatoms. The number of alkyl halides is 3. The van der Waals surface area contributed by atoms with Crippen LogP contribution in [-0.4, -0.2) is 26.9 Å². The Labute approximate surface area is 210 Å². The molecule has 0 spiro atoms. The number of anilines is 1. The molecule has 0 radical (unpaired) electrons. The summed E-state index contributed by atoms with van der Waals surface area (Å²) >= 11 is 0. The fourth-order valence-electron chi connectivity index (χ4n) is 4.69. The maximum atomic E-state index is 13.7. The Bertz CT molecular complexity index is 1450. The molecule has 5 rings (SSSR count). The number of hydrogen-bond acceptors (Lipinski definition) is 4. The van der Waals surface area contributed by atoms with E-state index in [9.17, 15) is 22.8 Å². The van der Waals surface area contributed by atoms with Crippen molar-refractivity contribution in [1.29, 1.82) is 0 Å². The SMILES string of the molecule is Nc1nc2c(c(=O)n1C(c1ccccc1)c1ccccc1)CCN(C(=O)c1ccc(C(F)(F)F)cc1)C2. The van der Waals surface area contributed by atoms with Crippen molar-refractivity contribution < 1.29 is 18.0 Å². The number of amides is 1. The van der Waals surface area contributed by atoms with Gasteiger partial charge >= 0.3 is 6.18 Å². The maximum absolute atomic E-state index is 13.7. The summed E-state index contributed by atoms with van der Waals surface area (Å²) in [5.74, 6) is -0.416. The van der Waals surface area contributed by atoms with E-state index in [0.29, 0.717) is 11.3 Å². The monoisotopic (exact) mass is 504 g/mol. The van der Waals surface area contributed by atoms with Gasteiger partial charge in [0.15, 0.2) is 0 Å². The van der Waals surface area contributed by atoms with Crippen LogP contribution >= 0.6 is 0 Å². The molecule has 4 aromatic rings. The van der Waals surface area contributed by atoms with E-state index in [1.807, 2.05) is 60.7 Å². The van der Waals surface area contributed by atoms with Gasteiger partial charge in [0.1, 0.15) is 0 Å². The lowest BCUT2D eigenvalue weighted by atomic mass is 9.97. The predicted octanol–water partition coefficient (Wildman–Crippen LogP) is 4.68. The highest BCUT2D eigenvalue weighted by atomic mass is 19.4. The lowest BCUT2D eigenvalue weighted by Gasteiger charge is -2.30. The van der Waals surface area contributed by atoms with Crippen LogP contribution < -0.4 is 11.3 Å². The third-order valence-corrected chi connectivity index (χ3v) is 6.53. The van der Waals surface area contributed by atoms with Crippen molar-refractivity contribution in [3.63, 3.8) is 0 Å². The Kier molecular flexibility index (Phi) is 6.29. The number of hydrogen-bond donors (Lipinski definition) is 1. The molecule has 2 N–H and O–H groups in total. The van der Waals surface area contributed by atoms with Gasteiger partial charge < -0.3 is 10.6 Å². The summed E-state index contributed by atoms with van der Waals surface area (Å²) in [4.78, 5) is 32.7. The number of carbonyl (C=O) groups is 1. The Morgan fingerprint density at radius 2 is 1.46 bits per heavy atom. The number of aromatic nitrogens is 2. The van der Waals surface area contributed by atoms with Crippen molar-refractivity contribution in [2.24, 2.45) is 0 Å². The van der Waals surface area contributed by atoms with Gasteiger partial charge in [-0.25, -0.2) is 4.98 Å². The Hall–Kier alpha value is -4.40. The number of rotatable bonds is 4. The normalized spacial score (nSPS) is 13.5. The minimum atomic E-state index is -4.48. The van der Waals surface area contributed by atoms with Crippen LogP contribution in [0.15, 0.2) is 89.7 Å². The minimum Gasteiger partial charge on any atom is -0.369 e. The first-order valence-electron chi connectivity index (χ1n) is 11.7. The lowest BCUT2D eigenvalue weighted by molar-refractivity contribution is -0.137. The second-order valence-electron chi connectivity index (χ2n) is 8.85. The zero-order chi connectivity index (χ0) is 26.2. The maximum Gasteiger partial charge on any atom is 0.416 e. The van der Waals surface area contributed by atoms with Crippen LogP contribution in [0.25, 0.3) is 0 Å². The molecule has 0 unspecified atom stereocenters. The molecule has 6 nitrogen and oxygen atoms in total. The second-order valence-corrected chi connectivity index (χ2v) is 8.85. The molecule has 1 amide bonds. The van der Waals surface area contributed by atoms with Crippen LogP contribution in [0.1, 0.15) is 44.3 Å². The van der Waals surface area contributed by atoms with E-state index in [1.54, 1.807) is 0 Å². The molecule has 0 bridgehead atoms. The zero-order valence-corrected chi connectivity index (χ0v) is 19.7. The molecule has 1 aliphatic heterocycles. The number of benzene rings is 3. The van der Waals surface area contributed by atoms with Gasteiger partial charge in [-0.1, -0.05) is 60.7 Å². The van der Waals surface area contributed by atoms with Crippen molar-refractivity contribution in [1.82, 2.24) is 14.5 Å². The van der Waals surface area contributed by atoms with Crippen LogP contribution in [0, 0.1) is 0 Å². The summed E-state index contributed by atoms with van der Waals surface area (Å²) in [6.07, 6.45) is -4.23. The largest absolute Gasteiger partial charge is 0.416 e. The van der Waals surface area contributed by atoms with Crippen molar-refractivity contribution in [2.75, 3.05) is 12.3 Å². The number of fused-ring (bicyclic) bond motifs is 1. The smallest absolute Gasteiger partial charge is 0.369 e. The molecule has 2 heterocycles. The summed E-state index contributed by atoms with van der Waals surface area (Å²) in [6, 6.07) is 22.6. The van der Waals surface area contributed by atoms with E-state index in [-0.39, 0.29) is 36.6 Å². The van der Waals surface area contributed by atoms with Gasteiger partial charge in [0.25, 0.3) is 11.5 Å². The second kappa shape index (κ2) is 9.57. The molecular formula is C28H23F3N4O2. The van der Waals surface area contributed by atoms with Crippen LogP contribution in [0.5, 0.6) is 0 Å². The van der Waals surface area contributed by atoms with Crippen molar-refractivity contribution >= 4 is 11.9 Å². The molecule has 3 aromatic carbocycles. The quantitative estimate of drug-likeness (QED) is 0.438. The van der Waals surface area contributed by atoms with Gasteiger partial charge in [-0.05, 0) is 41.8 Å². The van der Waals surface area contributed by atoms with Crippen LogP contribution in [-0.2, 0) is 19.1 Å². The van der Waals surface area contributed by atoms with Crippen LogP contribution in [0.2, 0.25) is 0 Å². The molecule has 1 aliphatic rings. The van der Waals surface area contributed by atoms with E-state index >= 15 is 0 Å².